The van der Waals surface area contributed by atoms with Crippen molar-refractivity contribution in [1.29, 1.82) is 0 Å². The number of hydrogen-bond acceptors (Lipinski definition) is 2. The summed E-state index contributed by atoms with van der Waals surface area (Å²) >= 11 is 1.58. The molecule has 0 aromatic heterocycles. The second kappa shape index (κ2) is 6.81. The molecule has 0 aliphatic rings. The number of thioether (sulfide) groups is 1. The van der Waals surface area contributed by atoms with E-state index in [4.69, 9.17) is 0 Å². The molecule has 110 valence electrons. The number of rotatable bonds is 4. The highest BCUT2D eigenvalue weighted by atomic mass is 32.2. The summed E-state index contributed by atoms with van der Waals surface area (Å²) in [6.45, 7) is 8.22. The molecule has 0 saturated carbocycles. The minimum atomic E-state index is 0.0342. The molecule has 0 radical (unpaired) electrons. The zero-order chi connectivity index (χ0) is 15.4. The molecule has 2 rings (SSSR count). The fraction of sp³-hybridized carbons (Fsp3) is 0.278. The summed E-state index contributed by atoms with van der Waals surface area (Å²) < 4.78 is 0. The van der Waals surface area contributed by atoms with Gasteiger partial charge in [-0.15, -0.1) is 11.8 Å². The van der Waals surface area contributed by atoms with Gasteiger partial charge in [-0.25, -0.2) is 0 Å². The van der Waals surface area contributed by atoms with E-state index in [1.54, 1.807) is 11.8 Å². The Kier molecular flexibility index (Phi) is 5.07. The SMILES string of the molecule is Cc1ccc(NC(=O)CSc2ccc(C)cc2C)c(C)c1. The molecule has 0 heterocycles. The number of hydrogen-bond donors (Lipinski definition) is 1. The van der Waals surface area contributed by atoms with Crippen LogP contribution in [0.4, 0.5) is 5.69 Å². The molecule has 1 amide bonds. The Morgan fingerprint density at radius 2 is 1.57 bits per heavy atom. The van der Waals surface area contributed by atoms with Crippen LogP contribution >= 0.6 is 11.8 Å². The monoisotopic (exact) mass is 299 g/mol. The highest BCUT2D eigenvalue weighted by molar-refractivity contribution is 8.00. The van der Waals surface area contributed by atoms with Crippen molar-refractivity contribution < 1.29 is 4.79 Å². The Balaban J connectivity index is 1.96. The number of aryl methyl sites for hydroxylation is 4. The summed E-state index contributed by atoms with van der Waals surface area (Å²) in [6, 6.07) is 12.4. The zero-order valence-corrected chi connectivity index (χ0v) is 13.8. The van der Waals surface area contributed by atoms with Gasteiger partial charge < -0.3 is 5.32 Å². The molecule has 2 aromatic rings. The quantitative estimate of drug-likeness (QED) is 0.833. The third-order valence-corrected chi connectivity index (χ3v) is 4.52. The minimum Gasteiger partial charge on any atom is -0.325 e. The van der Waals surface area contributed by atoms with Crippen LogP contribution in [0.2, 0.25) is 0 Å². The molecule has 0 spiro atoms. The molecule has 0 saturated heterocycles. The molecular formula is C18H21NOS. The molecule has 0 fully saturated rings. The Bertz CT molecular complexity index is 664. The highest BCUT2D eigenvalue weighted by Gasteiger charge is 2.07. The maximum absolute atomic E-state index is 12.1. The lowest BCUT2D eigenvalue weighted by Gasteiger charge is -2.10. The average molecular weight is 299 g/mol. The number of carbonyl (C=O) groups excluding carboxylic acids is 1. The predicted octanol–water partition coefficient (Wildman–Crippen LogP) is 4.65. The van der Waals surface area contributed by atoms with Crippen molar-refractivity contribution in [3.63, 3.8) is 0 Å². The van der Waals surface area contributed by atoms with Crippen molar-refractivity contribution in [2.75, 3.05) is 11.1 Å². The lowest BCUT2D eigenvalue weighted by molar-refractivity contribution is -0.113. The molecule has 1 N–H and O–H groups in total. The van der Waals surface area contributed by atoms with Gasteiger partial charge in [-0.05, 0) is 51.0 Å². The van der Waals surface area contributed by atoms with Crippen molar-refractivity contribution in [3.8, 4) is 0 Å². The van der Waals surface area contributed by atoms with Gasteiger partial charge >= 0.3 is 0 Å². The van der Waals surface area contributed by atoms with Gasteiger partial charge in [-0.2, -0.15) is 0 Å². The van der Waals surface area contributed by atoms with Crippen LogP contribution in [0.5, 0.6) is 0 Å². The number of amides is 1. The fourth-order valence-corrected chi connectivity index (χ4v) is 3.05. The lowest BCUT2D eigenvalue weighted by atomic mass is 10.1. The molecule has 2 nitrogen and oxygen atoms in total. The molecule has 3 heteroatoms. The summed E-state index contributed by atoms with van der Waals surface area (Å²) in [6.07, 6.45) is 0. The van der Waals surface area contributed by atoms with Crippen LogP contribution < -0.4 is 5.32 Å². The smallest absolute Gasteiger partial charge is 0.234 e. The van der Waals surface area contributed by atoms with E-state index in [-0.39, 0.29) is 5.91 Å². The summed E-state index contributed by atoms with van der Waals surface area (Å²) in [5, 5.41) is 2.98. The third-order valence-electron chi connectivity index (χ3n) is 3.35. The second-order valence-electron chi connectivity index (χ2n) is 5.42. The van der Waals surface area contributed by atoms with Crippen LogP contribution in [0.15, 0.2) is 41.3 Å². The topological polar surface area (TPSA) is 29.1 Å². The zero-order valence-electron chi connectivity index (χ0n) is 13.0. The number of benzene rings is 2. The first kappa shape index (κ1) is 15.6. The van der Waals surface area contributed by atoms with Gasteiger partial charge in [0.1, 0.15) is 0 Å². The van der Waals surface area contributed by atoms with Gasteiger partial charge in [0.05, 0.1) is 5.75 Å². The van der Waals surface area contributed by atoms with Crippen LogP contribution in [-0.2, 0) is 4.79 Å². The van der Waals surface area contributed by atoms with E-state index in [0.29, 0.717) is 5.75 Å². The van der Waals surface area contributed by atoms with Crippen molar-refractivity contribution in [2.45, 2.75) is 32.6 Å². The minimum absolute atomic E-state index is 0.0342. The van der Waals surface area contributed by atoms with E-state index < -0.39 is 0 Å². The number of anilines is 1. The maximum Gasteiger partial charge on any atom is 0.234 e. The standard InChI is InChI=1S/C18H21NOS/c1-12-5-7-16(14(3)9-12)19-18(20)11-21-17-8-6-13(2)10-15(17)4/h5-10H,11H2,1-4H3,(H,19,20). The van der Waals surface area contributed by atoms with Crippen LogP contribution in [0, 0.1) is 27.7 Å². The summed E-state index contributed by atoms with van der Waals surface area (Å²) in [7, 11) is 0. The van der Waals surface area contributed by atoms with Crippen molar-refractivity contribution in [3.05, 3.63) is 58.7 Å². The highest BCUT2D eigenvalue weighted by Crippen LogP contribution is 2.23. The predicted molar refractivity (Wildman–Crippen MR) is 91.2 cm³/mol. The molecule has 0 aliphatic carbocycles. The Hall–Kier alpha value is -1.74. The number of carbonyl (C=O) groups is 1. The van der Waals surface area contributed by atoms with Crippen LogP contribution in [0.1, 0.15) is 22.3 Å². The average Bonchev–Trinajstić information content (AvgIpc) is 2.41. The van der Waals surface area contributed by atoms with Gasteiger partial charge in [0.2, 0.25) is 5.91 Å². The Morgan fingerprint density at radius 3 is 2.19 bits per heavy atom. The molecule has 0 bridgehead atoms. The Labute approximate surface area is 131 Å². The molecule has 0 aliphatic heterocycles. The first-order valence-corrected chi connectivity index (χ1v) is 8.01. The number of nitrogens with one attached hydrogen (secondary N) is 1. The van der Waals surface area contributed by atoms with E-state index in [0.717, 1.165) is 16.1 Å². The lowest BCUT2D eigenvalue weighted by Crippen LogP contribution is -2.14. The second-order valence-corrected chi connectivity index (χ2v) is 6.44. The largest absolute Gasteiger partial charge is 0.325 e. The first-order valence-electron chi connectivity index (χ1n) is 7.03. The van der Waals surface area contributed by atoms with Crippen LogP contribution in [-0.4, -0.2) is 11.7 Å². The normalized spacial score (nSPS) is 10.5. The van der Waals surface area contributed by atoms with Crippen LogP contribution in [0.25, 0.3) is 0 Å². The third kappa shape index (κ3) is 4.36. The van der Waals surface area contributed by atoms with Crippen molar-refractivity contribution in [1.82, 2.24) is 0 Å². The summed E-state index contributed by atoms with van der Waals surface area (Å²) in [5.41, 5.74) is 5.66. The van der Waals surface area contributed by atoms with Gasteiger partial charge in [-0.1, -0.05) is 35.4 Å². The van der Waals surface area contributed by atoms with Gasteiger partial charge in [0.25, 0.3) is 0 Å². The molecule has 2 aromatic carbocycles. The molecular weight excluding hydrogens is 278 g/mol. The molecule has 0 unspecified atom stereocenters. The van der Waals surface area contributed by atoms with Crippen molar-refractivity contribution in [2.24, 2.45) is 0 Å². The summed E-state index contributed by atoms with van der Waals surface area (Å²) in [5.74, 6) is 0.462. The molecule has 0 atom stereocenters. The van der Waals surface area contributed by atoms with E-state index in [1.807, 2.05) is 19.1 Å². The first-order chi connectivity index (χ1) is 9.95. The molecule has 21 heavy (non-hydrogen) atoms. The Morgan fingerprint density at radius 1 is 0.952 bits per heavy atom. The van der Waals surface area contributed by atoms with E-state index in [1.165, 1.54) is 16.7 Å². The fourth-order valence-electron chi connectivity index (χ4n) is 2.24. The van der Waals surface area contributed by atoms with E-state index in [9.17, 15) is 4.79 Å². The van der Waals surface area contributed by atoms with Gasteiger partial charge in [-0.3, -0.25) is 4.79 Å². The van der Waals surface area contributed by atoms with Gasteiger partial charge in [0, 0.05) is 10.6 Å². The van der Waals surface area contributed by atoms with E-state index in [2.05, 4.69) is 50.4 Å². The van der Waals surface area contributed by atoms with Crippen LogP contribution in [0.3, 0.4) is 0 Å². The van der Waals surface area contributed by atoms with E-state index >= 15 is 0 Å². The van der Waals surface area contributed by atoms with Gasteiger partial charge in [0.15, 0.2) is 0 Å². The maximum atomic E-state index is 12.1. The van der Waals surface area contributed by atoms with Crippen molar-refractivity contribution >= 4 is 23.4 Å². The summed E-state index contributed by atoms with van der Waals surface area (Å²) in [4.78, 5) is 13.2.